The van der Waals surface area contributed by atoms with E-state index in [-0.39, 0.29) is 67.8 Å². The minimum Gasteiger partial charge on any atom is -0.460 e. The third-order valence-corrected chi connectivity index (χ3v) is 16.8. The van der Waals surface area contributed by atoms with E-state index in [0.29, 0.717) is 64.2 Å². The maximum absolute atomic E-state index is 14.6. The van der Waals surface area contributed by atoms with Gasteiger partial charge in [-0.2, -0.15) is 0 Å². The zero-order chi connectivity index (χ0) is 55.6. The lowest BCUT2D eigenvalue weighted by Gasteiger charge is -2.42. The number of nitrogens with zero attached hydrogens (tertiary/aromatic N) is 1. The second-order valence-corrected chi connectivity index (χ2v) is 23.6. The highest BCUT2D eigenvalue weighted by Crippen LogP contribution is 2.39. The Morgan fingerprint density at radius 3 is 2.20 bits per heavy atom. The number of methoxy groups -OCH3 is 2. The van der Waals surface area contributed by atoms with Gasteiger partial charge in [0, 0.05) is 57.3 Å². The van der Waals surface area contributed by atoms with E-state index in [1.54, 1.807) is 41.7 Å². The Bertz CT molecular complexity index is 2120. The second kappa shape index (κ2) is 27.1. The van der Waals surface area contributed by atoms with Crippen LogP contribution in [0.2, 0.25) is 0 Å². The fourth-order valence-corrected chi connectivity index (χ4v) is 11.4. The van der Waals surface area contributed by atoms with Gasteiger partial charge in [0.15, 0.2) is 11.6 Å². The van der Waals surface area contributed by atoms with Gasteiger partial charge in [0.25, 0.3) is 11.7 Å². The van der Waals surface area contributed by atoms with Gasteiger partial charge in [-0.1, -0.05) is 83.6 Å². The topological polar surface area (TPSA) is 211 Å². The van der Waals surface area contributed by atoms with Crippen molar-refractivity contribution in [1.82, 2.24) is 4.90 Å². The lowest BCUT2D eigenvalue weighted by Crippen LogP contribution is -2.61. The van der Waals surface area contributed by atoms with E-state index in [1.807, 2.05) is 71.1 Å². The number of piperidine rings is 1. The quantitative estimate of drug-likeness (QED) is 0.140. The summed E-state index contributed by atoms with van der Waals surface area (Å²) in [5.74, 6) is -9.44. The smallest absolute Gasteiger partial charge is 0.329 e. The van der Waals surface area contributed by atoms with Crippen LogP contribution in [-0.4, -0.2) is 139 Å². The molecular formula is C59H91NO15. The van der Waals surface area contributed by atoms with Gasteiger partial charge in [-0.3, -0.25) is 24.0 Å². The molecule has 16 nitrogen and oxygen atoms in total. The number of fused-ring (bicyclic) bond motifs is 3. The molecular weight excluding hydrogens is 963 g/mol. The first-order chi connectivity index (χ1) is 35.2. The predicted octanol–water partition coefficient (Wildman–Crippen LogP) is 8.14. The molecule has 4 fully saturated rings. The highest BCUT2D eigenvalue weighted by Gasteiger charge is 2.53. The molecule has 422 valence electrons. The van der Waals surface area contributed by atoms with Crippen LogP contribution in [-0.2, 0) is 61.9 Å². The third kappa shape index (κ3) is 16.1. The first-order valence-electron chi connectivity index (χ1n) is 27.7. The summed E-state index contributed by atoms with van der Waals surface area (Å²) in [5, 5.41) is 23.4. The van der Waals surface area contributed by atoms with E-state index < -0.39 is 101 Å². The van der Waals surface area contributed by atoms with Gasteiger partial charge in [0.1, 0.15) is 35.6 Å². The second-order valence-electron chi connectivity index (χ2n) is 23.6. The predicted molar refractivity (Wildman–Crippen MR) is 281 cm³/mol. The number of ether oxygens (including phenoxy) is 7. The molecule has 5 aliphatic rings. The average Bonchev–Trinajstić information content (AvgIpc) is 3.37. The van der Waals surface area contributed by atoms with Crippen molar-refractivity contribution < 1.29 is 72.1 Å². The van der Waals surface area contributed by atoms with Gasteiger partial charge in [-0.05, 0) is 122 Å². The summed E-state index contributed by atoms with van der Waals surface area (Å²) < 4.78 is 41.6. The number of rotatable bonds is 7. The molecule has 75 heavy (non-hydrogen) atoms. The fraction of sp³-hybridized carbons (Fsp3) is 0.763. The highest BCUT2D eigenvalue weighted by atomic mass is 16.7. The lowest BCUT2D eigenvalue weighted by molar-refractivity contribution is -0.283. The number of cyclic esters (lactones) is 1. The molecule has 4 aliphatic heterocycles. The van der Waals surface area contributed by atoms with Gasteiger partial charge in [0.2, 0.25) is 5.79 Å². The van der Waals surface area contributed by atoms with E-state index in [0.717, 1.165) is 11.1 Å². The third-order valence-electron chi connectivity index (χ3n) is 16.8. The summed E-state index contributed by atoms with van der Waals surface area (Å²) in [6.07, 6.45) is 11.8. The lowest BCUT2D eigenvalue weighted by atomic mass is 9.78. The van der Waals surface area contributed by atoms with Crippen molar-refractivity contribution in [2.75, 3.05) is 34.0 Å². The van der Waals surface area contributed by atoms with Gasteiger partial charge < -0.3 is 48.3 Å². The summed E-state index contributed by atoms with van der Waals surface area (Å²) >= 11 is 0. The van der Waals surface area contributed by atoms with E-state index in [2.05, 4.69) is 6.92 Å². The van der Waals surface area contributed by atoms with Crippen molar-refractivity contribution in [2.45, 2.75) is 207 Å². The molecule has 2 N–H and O–H groups in total. The zero-order valence-corrected chi connectivity index (χ0v) is 47.3. The van der Waals surface area contributed by atoms with E-state index in [9.17, 15) is 39.0 Å². The molecule has 2 bridgehead atoms. The summed E-state index contributed by atoms with van der Waals surface area (Å²) in [6, 6.07) is -1.17. The minimum atomic E-state index is -2.45. The van der Waals surface area contributed by atoms with Crippen LogP contribution in [0.5, 0.6) is 0 Å². The summed E-state index contributed by atoms with van der Waals surface area (Å²) in [4.78, 5) is 86.2. The molecule has 3 saturated heterocycles. The van der Waals surface area contributed by atoms with Gasteiger partial charge in [-0.25, -0.2) is 4.79 Å². The van der Waals surface area contributed by atoms with Crippen LogP contribution in [0.15, 0.2) is 47.6 Å². The fourth-order valence-electron chi connectivity index (χ4n) is 11.4. The van der Waals surface area contributed by atoms with E-state index in [1.165, 1.54) is 12.0 Å². The molecule has 1 aliphatic carbocycles. The van der Waals surface area contributed by atoms with Crippen LogP contribution in [0.1, 0.15) is 153 Å². The van der Waals surface area contributed by atoms with E-state index >= 15 is 0 Å². The maximum Gasteiger partial charge on any atom is 0.329 e. The van der Waals surface area contributed by atoms with Crippen molar-refractivity contribution in [3.63, 3.8) is 0 Å². The monoisotopic (exact) mass is 1050 g/mol. The number of carbonyl (C=O) groups excluding carboxylic acids is 6. The molecule has 1 amide bonds. The van der Waals surface area contributed by atoms with Crippen LogP contribution in [0, 0.1) is 46.8 Å². The first kappa shape index (κ1) is 61.9. The molecule has 5 rings (SSSR count). The summed E-state index contributed by atoms with van der Waals surface area (Å²) in [7, 11) is 3.11. The number of amides is 1. The maximum atomic E-state index is 14.6. The Kier molecular flexibility index (Phi) is 22.4. The van der Waals surface area contributed by atoms with E-state index in [4.69, 9.17) is 33.2 Å². The molecule has 0 spiro atoms. The SMILES string of the molecule is CO[C@H]1C[C@@H]2CC[C@@H](C)[C@@](O)(O2)C(=O)C(=O)N2CCCC[C@H]2C(=O)O[C@H]([C@H](C)C[C@@H]2CC[C@@H](OC(=O)C3(C)COC(C)(C)OC3)[C@H](O)C2)CC(=O)[C@H](C)/C=C(\C)[C@@H](C)[C@@H](OC)C(=O)[C@H](C)C[C@H](C)/C=C/C=C/C=C/1C. The number of aliphatic hydroxyl groups excluding tert-OH is 1. The molecule has 15 atom stereocenters. The van der Waals surface area contributed by atoms with Gasteiger partial charge >= 0.3 is 11.9 Å². The minimum absolute atomic E-state index is 0.0302. The molecule has 4 heterocycles. The summed E-state index contributed by atoms with van der Waals surface area (Å²) in [5.41, 5.74) is 0.650. The Morgan fingerprint density at radius 2 is 1.55 bits per heavy atom. The Morgan fingerprint density at radius 1 is 0.853 bits per heavy atom. The number of carbonyl (C=O) groups is 6. The van der Waals surface area contributed by atoms with Crippen LogP contribution in [0.4, 0.5) is 0 Å². The van der Waals surface area contributed by atoms with Crippen molar-refractivity contribution in [3.05, 3.63) is 47.6 Å². The molecule has 16 heteroatoms. The van der Waals surface area contributed by atoms with Crippen molar-refractivity contribution in [2.24, 2.45) is 46.8 Å². The number of ketones is 3. The number of hydrogen-bond acceptors (Lipinski definition) is 15. The Labute approximate surface area is 446 Å². The first-order valence-corrected chi connectivity index (χ1v) is 27.7. The van der Waals surface area contributed by atoms with Crippen LogP contribution < -0.4 is 0 Å². The molecule has 0 unspecified atom stereocenters. The van der Waals surface area contributed by atoms with Crippen molar-refractivity contribution in [3.8, 4) is 0 Å². The Balaban J connectivity index is 1.42. The average molecular weight is 1050 g/mol. The molecule has 0 aromatic rings. The molecule has 0 aromatic carbocycles. The largest absolute Gasteiger partial charge is 0.460 e. The number of hydrogen-bond donors (Lipinski definition) is 2. The molecule has 0 radical (unpaired) electrons. The van der Waals surface area contributed by atoms with Crippen LogP contribution >= 0.6 is 0 Å². The molecule has 0 aromatic heterocycles. The van der Waals surface area contributed by atoms with Crippen molar-refractivity contribution in [1.29, 1.82) is 0 Å². The van der Waals surface area contributed by atoms with Gasteiger partial charge in [-0.15, -0.1) is 0 Å². The number of Topliss-reactive ketones (excluding diaryl/α,β-unsaturated/α-hetero) is 3. The summed E-state index contributed by atoms with van der Waals surface area (Å²) in [6.45, 7) is 20.6. The van der Waals surface area contributed by atoms with Crippen LogP contribution in [0.25, 0.3) is 0 Å². The van der Waals surface area contributed by atoms with Gasteiger partial charge in [0.05, 0.1) is 31.5 Å². The number of esters is 2. The molecule has 1 saturated carbocycles. The standard InChI is InChI=1S/C59H91NO15/c1-35-19-15-14-16-20-36(2)49(69-12)31-44-24-22-41(7)59(68,75-44)53(64)54(65)60-26-18-17-21-45(60)55(66)73-50(32-46(61)38(4)28-37(3)42(8)52(70-13)51(63)40(6)27-35)39(5)29-43-23-25-48(47(62)30-43)74-56(67)58(11)33-71-57(9,10)72-34-58/h14-16,19-20,28,35,38-45,47-50,52,62,68H,17-18,21-27,29-34H2,1-13H3/b16-14+,19-15+,36-20+,37-28+/t35-,38-,39-,40-,41-,42-,43+,44+,45+,47-,48-,49+,50+,52-,59-/m1/s1. The number of aliphatic hydroxyl groups is 2. The zero-order valence-electron chi connectivity index (χ0n) is 47.3. The van der Waals surface area contributed by atoms with Crippen molar-refractivity contribution >= 4 is 35.2 Å². The normalized spacial score (nSPS) is 39.2. The number of allylic oxidation sites excluding steroid dienone is 6. The Hall–Kier alpha value is -3.90. The highest BCUT2D eigenvalue weighted by molar-refractivity contribution is 6.39. The van der Waals surface area contributed by atoms with Crippen LogP contribution in [0.3, 0.4) is 0 Å².